The second-order valence-electron chi connectivity index (χ2n) is 7.08. The first-order chi connectivity index (χ1) is 14.4. The molecule has 1 heterocycles. The zero-order valence-electron chi connectivity index (χ0n) is 16.9. The minimum Gasteiger partial charge on any atom is -0.456 e. The quantitative estimate of drug-likeness (QED) is 0.329. The Bertz CT molecular complexity index is 1100. The van der Waals surface area contributed by atoms with Gasteiger partial charge in [-0.2, -0.15) is 0 Å². The minimum absolute atomic E-state index is 0.125. The van der Waals surface area contributed by atoms with Crippen molar-refractivity contribution in [1.29, 1.82) is 0 Å². The largest absolute Gasteiger partial charge is 0.456 e. The Morgan fingerprint density at radius 3 is 2.70 bits per heavy atom. The first kappa shape index (κ1) is 21.0. The van der Waals surface area contributed by atoms with E-state index in [0.29, 0.717) is 18.4 Å². The van der Waals surface area contributed by atoms with Gasteiger partial charge in [-0.3, -0.25) is 19.7 Å². The maximum absolute atomic E-state index is 12.1. The molecule has 0 aliphatic heterocycles. The number of anilines is 1. The third kappa shape index (κ3) is 4.83. The van der Waals surface area contributed by atoms with Crippen molar-refractivity contribution in [2.75, 3.05) is 11.9 Å². The van der Waals surface area contributed by atoms with E-state index in [4.69, 9.17) is 4.74 Å². The monoisotopic (exact) mass is 409 g/mol. The molecule has 2 aromatic carbocycles. The predicted octanol–water partition coefficient (Wildman–Crippen LogP) is 4.20. The number of nitrogens with one attached hydrogen (secondary N) is 2. The first-order valence-corrected chi connectivity index (χ1v) is 9.62. The molecule has 0 aliphatic carbocycles. The van der Waals surface area contributed by atoms with E-state index in [9.17, 15) is 19.7 Å². The first-order valence-electron chi connectivity index (χ1n) is 9.62. The number of nitro benzene ring substituents is 1. The summed E-state index contributed by atoms with van der Waals surface area (Å²) in [5, 5.41) is 14.8. The van der Waals surface area contributed by atoms with Gasteiger partial charge in [0.15, 0.2) is 6.61 Å². The fraction of sp³-hybridized carbons (Fsp3) is 0.273. The third-order valence-corrected chi connectivity index (χ3v) is 5.04. The number of H-pyrrole nitrogens is 1. The molecule has 0 atom stereocenters. The maximum atomic E-state index is 12.1. The number of esters is 1. The van der Waals surface area contributed by atoms with Crippen molar-refractivity contribution in [2.24, 2.45) is 0 Å². The molecule has 0 saturated heterocycles. The molecule has 8 nitrogen and oxygen atoms in total. The zero-order valence-corrected chi connectivity index (χ0v) is 16.9. The van der Waals surface area contributed by atoms with Crippen molar-refractivity contribution in [3.63, 3.8) is 0 Å². The van der Waals surface area contributed by atoms with Gasteiger partial charge >= 0.3 is 5.97 Å². The number of carbonyl (C=O) groups is 2. The van der Waals surface area contributed by atoms with E-state index in [0.717, 1.165) is 22.0 Å². The normalized spacial score (nSPS) is 10.7. The standard InChI is InChI=1S/C22H23N3O5/c1-14-10-11-19(25(28)29)22(15(14)2)24-20(26)13-30-21(27)9-5-6-16-12-23-18-8-4-3-7-17(16)18/h3-4,7-8,10-12,23H,5-6,9,13H2,1-2H3,(H,24,26). The highest BCUT2D eigenvalue weighted by Gasteiger charge is 2.20. The summed E-state index contributed by atoms with van der Waals surface area (Å²) in [5.74, 6) is -1.10. The van der Waals surface area contributed by atoms with Gasteiger partial charge in [0.1, 0.15) is 5.69 Å². The van der Waals surface area contributed by atoms with E-state index in [-0.39, 0.29) is 17.8 Å². The molecule has 0 fully saturated rings. The van der Waals surface area contributed by atoms with Crippen molar-refractivity contribution in [3.8, 4) is 0 Å². The van der Waals surface area contributed by atoms with E-state index in [1.165, 1.54) is 6.07 Å². The molecular formula is C22H23N3O5. The molecule has 3 aromatic rings. The molecule has 156 valence electrons. The Labute approximate surface area is 173 Å². The van der Waals surface area contributed by atoms with Crippen LogP contribution in [0, 0.1) is 24.0 Å². The van der Waals surface area contributed by atoms with Gasteiger partial charge in [-0.1, -0.05) is 24.3 Å². The summed E-state index contributed by atoms with van der Waals surface area (Å²) < 4.78 is 5.02. The van der Waals surface area contributed by atoms with Gasteiger partial charge < -0.3 is 15.0 Å². The molecule has 30 heavy (non-hydrogen) atoms. The number of hydrogen-bond acceptors (Lipinski definition) is 5. The number of nitrogens with zero attached hydrogens (tertiary/aromatic N) is 1. The maximum Gasteiger partial charge on any atom is 0.306 e. The van der Waals surface area contributed by atoms with Gasteiger partial charge in [0.05, 0.1) is 4.92 Å². The average Bonchev–Trinajstić information content (AvgIpc) is 3.13. The summed E-state index contributed by atoms with van der Waals surface area (Å²) in [7, 11) is 0. The van der Waals surface area contributed by atoms with Crippen molar-refractivity contribution in [3.05, 3.63) is 69.4 Å². The van der Waals surface area contributed by atoms with Gasteiger partial charge in [0.2, 0.25) is 0 Å². The number of amides is 1. The van der Waals surface area contributed by atoms with Crippen LogP contribution in [0.5, 0.6) is 0 Å². The van der Waals surface area contributed by atoms with Crippen LogP contribution >= 0.6 is 0 Å². The number of ether oxygens (including phenoxy) is 1. The van der Waals surface area contributed by atoms with Crippen molar-refractivity contribution < 1.29 is 19.2 Å². The van der Waals surface area contributed by atoms with Crippen molar-refractivity contribution >= 4 is 34.2 Å². The summed E-state index contributed by atoms with van der Waals surface area (Å²) in [6, 6.07) is 10.9. The minimum atomic E-state index is -0.614. The lowest BCUT2D eigenvalue weighted by molar-refractivity contribution is -0.384. The topological polar surface area (TPSA) is 114 Å². The molecular weight excluding hydrogens is 386 g/mol. The van der Waals surface area contributed by atoms with Crippen LogP contribution in [-0.4, -0.2) is 28.4 Å². The molecule has 3 rings (SSSR count). The van der Waals surface area contributed by atoms with E-state index in [2.05, 4.69) is 10.3 Å². The van der Waals surface area contributed by atoms with Crippen LogP contribution < -0.4 is 5.32 Å². The van der Waals surface area contributed by atoms with Crippen LogP contribution in [0.2, 0.25) is 0 Å². The van der Waals surface area contributed by atoms with Gasteiger partial charge in [-0.25, -0.2) is 0 Å². The van der Waals surface area contributed by atoms with E-state index < -0.39 is 23.4 Å². The van der Waals surface area contributed by atoms with Crippen molar-refractivity contribution in [1.82, 2.24) is 4.98 Å². The zero-order chi connectivity index (χ0) is 21.7. The summed E-state index contributed by atoms with van der Waals surface area (Å²) in [6.07, 6.45) is 3.40. The lowest BCUT2D eigenvalue weighted by atomic mass is 10.1. The molecule has 0 unspecified atom stereocenters. The molecule has 8 heteroatoms. The number of para-hydroxylation sites is 1. The lowest BCUT2D eigenvalue weighted by Crippen LogP contribution is -2.22. The summed E-state index contributed by atoms with van der Waals surface area (Å²) in [5.41, 5.74) is 3.51. The second-order valence-corrected chi connectivity index (χ2v) is 7.08. The Morgan fingerprint density at radius 1 is 1.17 bits per heavy atom. The average molecular weight is 409 g/mol. The molecule has 0 aliphatic rings. The van der Waals surface area contributed by atoms with Gasteiger partial charge in [0.25, 0.3) is 11.6 Å². The van der Waals surface area contributed by atoms with Gasteiger partial charge in [0, 0.05) is 29.6 Å². The molecule has 2 N–H and O–H groups in total. The van der Waals surface area contributed by atoms with Crippen LogP contribution in [0.3, 0.4) is 0 Å². The highest BCUT2D eigenvalue weighted by atomic mass is 16.6. The summed E-state index contributed by atoms with van der Waals surface area (Å²) >= 11 is 0. The number of nitro groups is 1. The predicted molar refractivity (Wildman–Crippen MR) is 113 cm³/mol. The number of benzene rings is 2. The highest BCUT2D eigenvalue weighted by molar-refractivity contribution is 5.96. The van der Waals surface area contributed by atoms with Crippen LogP contribution in [-0.2, 0) is 20.7 Å². The molecule has 0 saturated carbocycles. The van der Waals surface area contributed by atoms with Crippen LogP contribution in [0.1, 0.15) is 29.5 Å². The molecule has 0 bridgehead atoms. The van der Waals surface area contributed by atoms with E-state index in [1.807, 2.05) is 30.5 Å². The number of fused-ring (bicyclic) bond motifs is 1. The van der Waals surface area contributed by atoms with Gasteiger partial charge in [-0.05, 0) is 49.4 Å². The Balaban J connectivity index is 1.49. The SMILES string of the molecule is Cc1ccc([N+](=O)[O-])c(NC(=O)COC(=O)CCCc2c[nH]c3ccccc23)c1C. The molecule has 0 spiro atoms. The molecule has 1 aromatic heterocycles. The molecule has 1 amide bonds. The fourth-order valence-electron chi connectivity index (χ4n) is 3.27. The van der Waals surface area contributed by atoms with Gasteiger partial charge in [-0.15, -0.1) is 0 Å². The summed E-state index contributed by atoms with van der Waals surface area (Å²) in [6.45, 7) is 2.99. The Hall–Kier alpha value is -3.68. The number of carbonyl (C=O) groups excluding carboxylic acids is 2. The molecule has 0 radical (unpaired) electrons. The van der Waals surface area contributed by atoms with Crippen molar-refractivity contribution in [2.45, 2.75) is 33.1 Å². The Kier molecular flexibility index (Phi) is 6.46. The van der Waals surface area contributed by atoms with Crippen LogP contribution in [0.4, 0.5) is 11.4 Å². The summed E-state index contributed by atoms with van der Waals surface area (Å²) in [4.78, 5) is 38.0. The lowest BCUT2D eigenvalue weighted by Gasteiger charge is -2.11. The smallest absolute Gasteiger partial charge is 0.306 e. The third-order valence-electron chi connectivity index (χ3n) is 5.04. The highest BCUT2D eigenvalue weighted by Crippen LogP contribution is 2.30. The Morgan fingerprint density at radius 2 is 1.93 bits per heavy atom. The second kappa shape index (κ2) is 9.21. The number of aromatic amines is 1. The van der Waals surface area contributed by atoms with E-state index in [1.54, 1.807) is 19.9 Å². The van der Waals surface area contributed by atoms with Crippen LogP contribution in [0.15, 0.2) is 42.6 Å². The number of hydrogen-bond donors (Lipinski definition) is 2. The van der Waals surface area contributed by atoms with E-state index >= 15 is 0 Å². The number of aromatic nitrogens is 1. The number of rotatable bonds is 8. The fourth-order valence-corrected chi connectivity index (χ4v) is 3.27. The number of aryl methyl sites for hydroxylation is 2. The van der Waals surface area contributed by atoms with Crippen LogP contribution in [0.25, 0.3) is 10.9 Å².